The van der Waals surface area contributed by atoms with Gasteiger partial charge in [0.1, 0.15) is 4.64 Å². The molecule has 0 bridgehead atoms. The molecule has 0 fully saturated rings. The Balaban J connectivity index is 2.70. The summed E-state index contributed by atoms with van der Waals surface area (Å²) in [6, 6.07) is 0.260. The molecule has 2 rings (SSSR count). The summed E-state index contributed by atoms with van der Waals surface area (Å²) in [4.78, 5) is 14.6. The Morgan fingerprint density at radius 1 is 1.53 bits per heavy atom. The number of hydrogen-bond donors (Lipinski definition) is 1. The first-order chi connectivity index (χ1) is 7.15. The van der Waals surface area contributed by atoms with Crippen molar-refractivity contribution in [1.82, 2.24) is 9.55 Å². The number of aromatic nitrogens is 2. The monoisotopic (exact) mass is 224 g/mol. The lowest BCUT2D eigenvalue weighted by Crippen LogP contribution is -2.29. The Bertz CT molecular complexity index is 486. The second-order valence-electron chi connectivity index (χ2n) is 4.17. The molecule has 0 unspecified atom stereocenters. The normalized spacial score (nSPS) is 16.4. The van der Waals surface area contributed by atoms with Crippen molar-refractivity contribution in [3.63, 3.8) is 0 Å². The van der Waals surface area contributed by atoms with Gasteiger partial charge in [0.05, 0.1) is 0 Å². The summed E-state index contributed by atoms with van der Waals surface area (Å²) in [7, 11) is 0. The summed E-state index contributed by atoms with van der Waals surface area (Å²) in [5.41, 5.74) is 2.30. The third-order valence-corrected chi connectivity index (χ3v) is 3.57. The highest BCUT2D eigenvalue weighted by Crippen LogP contribution is 2.23. The minimum absolute atomic E-state index is 0.0463. The van der Waals surface area contributed by atoms with Crippen molar-refractivity contribution in [2.45, 2.75) is 45.6 Å². The van der Waals surface area contributed by atoms with Crippen LogP contribution in [0.5, 0.6) is 0 Å². The molecule has 0 saturated heterocycles. The molecular formula is C11H16N2OS. The fraction of sp³-hybridized carbons (Fsp3) is 0.636. The lowest BCUT2D eigenvalue weighted by atomic mass is 10.2. The molecule has 3 nitrogen and oxygen atoms in total. The zero-order valence-corrected chi connectivity index (χ0v) is 9.99. The van der Waals surface area contributed by atoms with Gasteiger partial charge < -0.3 is 0 Å². The largest absolute Gasteiger partial charge is 0.326 e. The molecule has 1 aromatic heterocycles. The van der Waals surface area contributed by atoms with Crippen LogP contribution in [0.15, 0.2) is 4.79 Å². The Labute approximate surface area is 94.1 Å². The molecule has 1 atom stereocenters. The first-order valence-electron chi connectivity index (χ1n) is 5.51. The second kappa shape index (κ2) is 3.93. The molecule has 1 aromatic rings. The van der Waals surface area contributed by atoms with E-state index in [1.54, 1.807) is 0 Å². The minimum Gasteiger partial charge on any atom is -0.298 e. The van der Waals surface area contributed by atoms with Gasteiger partial charge in [0.15, 0.2) is 0 Å². The highest BCUT2D eigenvalue weighted by Gasteiger charge is 2.20. The maximum absolute atomic E-state index is 11.8. The van der Waals surface area contributed by atoms with Crippen LogP contribution in [-0.4, -0.2) is 9.55 Å². The summed E-state index contributed by atoms with van der Waals surface area (Å²) in [6.07, 6.45) is 4.10. The molecule has 0 saturated carbocycles. The predicted octanol–water partition coefficient (Wildman–Crippen LogP) is 2.37. The van der Waals surface area contributed by atoms with Crippen LogP contribution in [0.1, 0.15) is 44.0 Å². The van der Waals surface area contributed by atoms with Crippen LogP contribution in [0.4, 0.5) is 0 Å². The molecule has 1 aliphatic rings. The van der Waals surface area contributed by atoms with Gasteiger partial charge in [0.25, 0.3) is 0 Å². The van der Waals surface area contributed by atoms with Gasteiger partial charge in [-0.05, 0) is 32.6 Å². The number of nitrogens with one attached hydrogen (secondary N) is 1. The van der Waals surface area contributed by atoms with Crippen molar-refractivity contribution in [3.8, 4) is 0 Å². The maximum Gasteiger partial charge on any atom is 0.326 e. The Hall–Kier alpha value is -0.900. The van der Waals surface area contributed by atoms with E-state index in [0.29, 0.717) is 4.64 Å². The smallest absolute Gasteiger partial charge is 0.298 e. The number of aromatic amines is 1. The molecule has 1 aliphatic carbocycles. The van der Waals surface area contributed by atoms with E-state index < -0.39 is 0 Å². The maximum atomic E-state index is 11.8. The number of hydrogen-bond acceptors (Lipinski definition) is 2. The van der Waals surface area contributed by atoms with Gasteiger partial charge in [0.2, 0.25) is 0 Å². The first-order valence-corrected chi connectivity index (χ1v) is 5.92. The zero-order valence-electron chi connectivity index (χ0n) is 9.17. The summed E-state index contributed by atoms with van der Waals surface area (Å²) >= 11 is 5.18. The van der Waals surface area contributed by atoms with E-state index >= 15 is 0 Å². The van der Waals surface area contributed by atoms with Crippen molar-refractivity contribution in [2.75, 3.05) is 0 Å². The van der Waals surface area contributed by atoms with E-state index in [2.05, 4.69) is 18.8 Å². The zero-order chi connectivity index (χ0) is 11.0. The number of rotatable bonds is 2. The predicted molar refractivity (Wildman–Crippen MR) is 62.9 cm³/mol. The molecule has 0 radical (unpaired) electrons. The SMILES string of the molecule is CC[C@@H](C)n1c2c(c(=S)[nH]c1=O)CCC2. The van der Waals surface area contributed by atoms with Crippen LogP contribution in [0, 0.1) is 4.64 Å². The second-order valence-corrected chi connectivity index (χ2v) is 4.57. The third-order valence-electron chi connectivity index (χ3n) is 3.22. The van der Waals surface area contributed by atoms with E-state index in [0.717, 1.165) is 31.4 Å². The molecular weight excluding hydrogens is 208 g/mol. The fourth-order valence-corrected chi connectivity index (χ4v) is 2.55. The Morgan fingerprint density at radius 3 is 2.93 bits per heavy atom. The minimum atomic E-state index is -0.0463. The summed E-state index contributed by atoms with van der Waals surface area (Å²) in [5, 5.41) is 0. The topological polar surface area (TPSA) is 37.8 Å². The lowest BCUT2D eigenvalue weighted by Gasteiger charge is -2.17. The first kappa shape index (κ1) is 10.6. The molecule has 15 heavy (non-hydrogen) atoms. The Kier molecular flexibility index (Phi) is 2.78. The standard InChI is InChI=1S/C11H16N2OS/c1-3-7(2)13-9-6-4-5-8(9)10(15)12-11(13)14/h7H,3-6H2,1-2H3,(H,12,14,15)/t7-/m1/s1. The van der Waals surface area contributed by atoms with Gasteiger partial charge in [-0.1, -0.05) is 19.1 Å². The van der Waals surface area contributed by atoms with E-state index in [-0.39, 0.29) is 11.7 Å². The van der Waals surface area contributed by atoms with Crippen LogP contribution < -0.4 is 5.69 Å². The highest BCUT2D eigenvalue weighted by atomic mass is 32.1. The van der Waals surface area contributed by atoms with Crippen LogP contribution in [-0.2, 0) is 12.8 Å². The quantitative estimate of drug-likeness (QED) is 0.783. The molecule has 0 amide bonds. The fourth-order valence-electron chi connectivity index (χ4n) is 2.24. The van der Waals surface area contributed by atoms with Crippen molar-refractivity contribution in [2.24, 2.45) is 0 Å². The lowest BCUT2D eigenvalue weighted by molar-refractivity contribution is 0.485. The molecule has 1 heterocycles. The summed E-state index contributed by atoms with van der Waals surface area (Å²) in [6.45, 7) is 4.18. The molecule has 0 spiro atoms. The van der Waals surface area contributed by atoms with Gasteiger partial charge in [-0.2, -0.15) is 0 Å². The number of fused-ring (bicyclic) bond motifs is 1. The van der Waals surface area contributed by atoms with Gasteiger partial charge in [-0.15, -0.1) is 0 Å². The van der Waals surface area contributed by atoms with Gasteiger partial charge in [0, 0.05) is 17.3 Å². The van der Waals surface area contributed by atoms with Crippen LogP contribution in [0.3, 0.4) is 0 Å². The van der Waals surface area contributed by atoms with E-state index in [1.165, 1.54) is 5.56 Å². The Morgan fingerprint density at radius 2 is 2.27 bits per heavy atom. The number of H-pyrrole nitrogens is 1. The van der Waals surface area contributed by atoms with Crippen LogP contribution in [0.25, 0.3) is 0 Å². The average molecular weight is 224 g/mol. The third kappa shape index (κ3) is 1.67. The van der Waals surface area contributed by atoms with Gasteiger partial charge in [-0.25, -0.2) is 4.79 Å². The molecule has 0 aromatic carbocycles. The van der Waals surface area contributed by atoms with E-state index in [9.17, 15) is 4.79 Å². The van der Waals surface area contributed by atoms with Gasteiger partial charge in [-0.3, -0.25) is 9.55 Å². The molecule has 0 aliphatic heterocycles. The van der Waals surface area contributed by atoms with E-state index in [1.807, 2.05) is 4.57 Å². The van der Waals surface area contributed by atoms with Crippen molar-refractivity contribution in [1.29, 1.82) is 0 Å². The van der Waals surface area contributed by atoms with Gasteiger partial charge >= 0.3 is 5.69 Å². The van der Waals surface area contributed by atoms with Crippen molar-refractivity contribution in [3.05, 3.63) is 26.4 Å². The van der Waals surface area contributed by atoms with Crippen molar-refractivity contribution < 1.29 is 0 Å². The molecule has 82 valence electrons. The summed E-state index contributed by atoms with van der Waals surface area (Å²) in [5.74, 6) is 0. The van der Waals surface area contributed by atoms with Crippen LogP contribution in [0.2, 0.25) is 0 Å². The average Bonchev–Trinajstić information content (AvgIpc) is 2.66. The van der Waals surface area contributed by atoms with Crippen molar-refractivity contribution >= 4 is 12.2 Å². The van der Waals surface area contributed by atoms with E-state index in [4.69, 9.17) is 12.2 Å². The van der Waals surface area contributed by atoms with Crippen LogP contribution >= 0.6 is 12.2 Å². The number of nitrogens with zero attached hydrogens (tertiary/aromatic N) is 1. The molecule has 4 heteroatoms. The molecule has 1 N–H and O–H groups in total. The summed E-state index contributed by atoms with van der Waals surface area (Å²) < 4.78 is 2.53. The highest BCUT2D eigenvalue weighted by molar-refractivity contribution is 7.71.